The van der Waals surface area contributed by atoms with Crippen LogP contribution in [0.3, 0.4) is 0 Å². The van der Waals surface area contributed by atoms with Gasteiger partial charge in [0.25, 0.3) is 0 Å². The first-order valence-electron chi connectivity index (χ1n) is 2.81. The molecule has 60 valence electrons. The van der Waals surface area contributed by atoms with Crippen molar-refractivity contribution in [3.63, 3.8) is 0 Å². The zero-order valence-electron chi connectivity index (χ0n) is 5.45. The lowest BCUT2D eigenvalue weighted by molar-refractivity contribution is -0.129. The summed E-state index contributed by atoms with van der Waals surface area (Å²) in [6.45, 7) is 3.39. The lowest BCUT2D eigenvalue weighted by Crippen LogP contribution is -2.08. The van der Waals surface area contributed by atoms with Gasteiger partial charge in [-0.15, -0.1) is 6.58 Å². The van der Waals surface area contributed by atoms with Gasteiger partial charge in [-0.25, -0.2) is 0 Å². The summed E-state index contributed by atoms with van der Waals surface area (Å²) in [5.74, 6) is 0.728. The van der Waals surface area contributed by atoms with E-state index in [0.717, 1.165) is 0 Å². The Bertz CT molecular complexity index is 97.7. The molecule has 0 fully saturated rings. The zero-order valence-corrected chi connectivity index (χ0v) is 6.26. The second kappa shape index (κ2) is 4.66. The van der Waals surface area contributed by atoms with E-state index in [9.17, 15) is 13.2 Å². The van der Waals surface area contributed by atoms with Crippen LogP contribution in [-0.4, -0.2) is 17.7 Å². The summed E-state index contributed by atoms with van der Waals surface area (Å²) in [5, 5.41) is 0. The molecular weight excluding hydrogens is 161 g/mol. The minimum absolute atomic E-state index is 0.134. The highest BCUT2D eigenvalue weighted by Crippen LogP contribution is 2.21. The molecule has 0 heterocycles. The lowest BCUT2D eigenvalue weighted by Gasteiger charge is -2.03. The number of hydrogen-bond donors (Lipinski definition) is 0. The average molecular weight is 170 g/mol. The van der Waals surface area contributed by atoms with E-state index in [1.54, 1.807) is 6.08 Å². The van der Waals surface area contributed by atoms with Gasteiger partial charge in [-0.3, -0.25) is 0 Å². The van der Waals surface area contributed by atoms with Crippen LogP contribution < -0.4 is 0 Å². The Kier molecular flexibility index (Phi) is 4.60. The van der Waals surface area contributed by atoms with Crippen LogP contribution in [0.15, 0.2) is 12.7 Å². The number of alkyl halides is 3. The highest BCUT2D eigenvalue weighted by Gasteiger charge is 2.25. The van der Waals surface area contributed by atoms with Crippen molar-refractivity contribution in [3.8, 4) is 0 Å². The van der Waals surface area contributed by atoms with Crippen molar-refractivity contribution in [2.24, 2.45) is 0 Å². The SMILES string of the molecule is C=CCSCCC(F)(F)F. The summed E-state index contributed by atoms with van der Waals surface area (Å²) in [7, 11) is 0. The maximum atomic E-state index is 11.4. The van der Waals surface area contributed by atoms with Gasteiger partial charge in [-0.2, -0.15) is 24.9 Å². The molecule has 0 N–H and O–H groups in total. The van der Waals surface area contributed by atoms with E-state index in [2.05, 4.69) is 6.58 Å². The Morgan fingerprint density at radius 2 is 2.00 bits per heavy atom. The highest BCUT2D eigenvalue weighted by molar-refractivity contribution is 7.99. The Morgan fingerprint density at radius 1 is 1.40 bits per heavy atom. The molecule has 0 unspecified atom stereocenters. The van der Waals surface area contributed by atoms with E-state index in [-0.39, 0.29) is 5.75 Å². The molecule has 0 spiro atoms. The molecule has 0 atom stereocenters. The molecule has 4 heteroatoms. The van der Waals surface area contributed by atoms with Crippen LogP contribution in [0.1, 0.15) is 6.42 Å². The smallest absolute Gasteiger partial charge is 0.171 e. The molecule has 10 heavy (non-hydrogen) atoms. The molecule has 0 rings (SSSR count). The Morgan fingerprint density at radius 3 is 2.40 bits per heavy atom. The van der Waals surface area contributed by atoms with Gasteiger partial charge in [0.05, 0.1) is 6.42 Å². The van der Waals surface area contributed by atoms with Crippen LogP contribution in [0.25, 0.3) is 0 Å². The molecule has 0 bridgehead atoms. The summed E-state index contributed by atoms with van der Waals surface area (Å²) in [5.41, 5.74) is 0. The van der Waals surface area contributed by atoms with Crippen LogP contribution in [-0.2, 0) is 0 Å². The van der Waals surface area contributed by atoms with Crippen molar-refractivity contribution < 1.29 is 13.2 Å². The van der Waals surface area contributed by atoms with Crippen molar-refractivity contribution in [2.75, 3.05) is 11.5 Å². The fourth-order valence-electron chi connectivity index (χ4n) is 0.355. The summed E-state index contributed by atoms with van der Waals surface area (Å²) >= 11 is 1.24. The van der Waals surface area contributed by atoms with Gasteiger partial charge in [0.15, 0.2) is 0 Å². The highest BCUT2D eigenvalue weighted by atomic mass is 32.2. The van der Waals surface area contributed by atoms with Gasteiger partial charge in [0.2, 0.25) is 0 Å². The summed E-state index contributed by atoms with van der Waals surface area (Å²) in [6, 6.07) is 0. The minimum atomic E-state index is -4.01. The van der Waals surface area contributed by atoms with Gasteiger partial charge in [-0.1, -0.05) is 6.08 Å². The minimum Gasteiger partial charge on any atom is -0.171 e. The maximum absolute atomic E-state index is 11.4. The number of halogens is 3. The first kappa shape index (κ1) is 9.88. The van der Waals surface area contributed by atoms with Crippen molar-refractivity contribution in [1.82, 2.24) is 0 Å². The fourth-order valence-corrected chi connectivity index (χ4v) is 1.06. The van der Waals surface area contributed by atoms with Crippen LogP contribution >= 0.6 is 11.8 Å². The summed E-state index contributed by atoms with van der Waals surface area (Å²) in [4.78, 5) is 0. The molecule has 0 radical (unpaired) electrons. The largest absolute Gasteiger partial charge is 0.389 e. The molecule has 0 saturated carbocycles. The van der Waals surface area contributed by atoms with E-state index in [1.807, 2.05) is 0 Å². The van der Waals surface area contributed by atoms with Crippen molar-refractivity contribution in [2.45, 2.75) is 12.6 Å². The normalized spacial score (nSPS) is 11.5. The third-order valence-electron chi connectivity index (χ3n) is 0.766. The monoisotopic (exact) mass is 170 g/mol. The topological polar surface area (TPSA) is 0 Å². The third-order valence-corrected chi connectivity index (χ3v) is 1.73. The summed E-state index contributed by atoms with van der Waals surface area (Å²) < 4.78 is 34.3. The molecular formula is C6H9F3S. The van der Waals surface area contributed by atoms with Crippen LogP contribution in [0.2, 0.25) is 0 Å². The van der Waals surface area contributed by atoms with Crippen molar-refractivity contribution in [1.29, 1.82) is 0 Å². The van der Waals surface area contributed by atoms with Gasteiger partial charge in [0.1, 0.15) is 0 Å². The first-order valence-corrected chi connectivity index (χ1v) is 3.97. The quantitative estimate of drug-likeness (QED) is 0.461. The number of hydrogen-bond acceptors (Lipinski definition) is 1. The molecule has 0 nitrogen and oxygen atoms in total. The van der Waals surface area contributed by atoms with E-state index in [1.165, 1.54) is 11.8 Å². The predicted octanol–water partition coefficient (Wildman–Crippen LogP) is 2.86. The standard InChI is InChI=1S/C6H9F3S/c1-2-4-10-5-3-6(7,8)9/h2H,1,3-5H2. The molecule has 0 amide bonds. The Balaban J connectivity index is 3.12. The molecule has 0 aliphatic carbocycles. The van der Waals surface area contributed by atoms with Crippen molar-refractivity contribution in [3.05, 3.63) is 12.7 Å². The second-order valence-electron chi connectivity index (χ2n) is 1.73. The number of rotatable bonds is 4. The van der Waals surface area contributed by atoms with Gasteiger partial charge in [-0.05, 0) is 0 Å². The first-order chi connectivity index (χ1) is 4.56. The third kappa shape index (κ3) is 7.88. The maximum Gasteiger partial charge on any atom is 0.389 e. The van der Waals surface area contributed by atoms with E-state index < -0.39 is 12.6 Å². The summed E-state index contributed by atoms with van der Waals surface area (Å²) in [6.07, 6.45) is -3.11. The molecule has 0 saturated heterocycles. The predicted molar refractivity (Wildman–Crippen MR) is 38.2 cm³/mol. The van der Waals surface area contributed by atoms with Crippen LogP contribution in [0, 0.1) is 0 Å². The Labute approximate surface area is 62.5 Å². The van der Waals surface area contributed by atoms with Crippen LogP contribution in [0.4, 0.5) is 13.2 Å². The average Bonchev–Trinajstić information content (AvgIpc) is 1.78. The molecule has 0 aromatic rings. The molecule has 0 aromatic heterocycles. The lowest BCUT2D eigenvalue weighted by atomic mass is 10.5. The van der Waals surface area contributed by atoms with Crippen molar-refractivity contribution >= 4 is 11.8 Å². The molecule has 0 aliphatic heterocycles. The van der Waals surface area contributed by atoms with Gasteiger partial charge < -0.3 is 0 Å². The fraction of sp³-hybridized carbons (Fsp3) is 0.667. The zero-order chi connectivity index (χ0) is 8.04. The molecule has 0 aliphatic rings. The van der Waals surface area contributed by atoms with E-state index in [4.69, 9.17) is 0 Å². The molecule has 0 aromatic carbocycles. The second-order valence-corrected chi connectivity index (χ2v) is 2.88. The Hall–Kier alpha value is -0.120. The van der Waals surface area contributed by atoms with Gasteiger partial charge in [0, 0.05) is 11.5 Å². The van der Waals surface area contributed by atoms with Crippen LogP contribution in [0.5, 0.6) is 0 Å². The van der Waals surface area contributed by atoms with Gasteiger partial charge >= 0.3 is 6.18 Å². The van der Waals surface area contributed by atoms with E-state index >= 15 is 0 Å². The van der Waals surface area contributed by atoms with E-state index in [0.29, 0.717) is 5.75 Å². The number of thioether (sulfide) groups is 1.